The van der Waals surface area contributed by atoms with Crippen molar-refractivity contribution in [3.8, 4) is 0 Å². The second kappa shape index (κ2) is 6.07. The van der Waals surface area contributed by atoms with E-state index in [1.54, 1.807) is 13.8 Å². The highest BCUT2D eigenvalue weighted by molar-refractivity contribution is 5.97. The van der Waals surface area contributed by atoms with Crippen molar-refractivity contribution in [1.29, 1.82) is 0 Å². The van der Waals surface area contributed by atoms with E-state index in [-0.39, 0.29) is 17.2 Å². The lowest BCUT2D eigenvalue weighted by atomic mass is 10.00. The first-order chi connectivity index (χ1) is 9.82. The van der Waals surface area contributed by atoms with Gasteiger partial charge < -0.3 is 10.6 Å². The maximum absolute atomic E-state index is 13.8. The summed E-state index contributed by atoms with van der Waals surface area (Å²) in [6.07, 6.45) is 0. The van der Waals surface area contributed by atoms with Gasteiger partial charge in [0.05, 0.1) is 11.2 Å². The number of nitrogens with one attached hydrogen (secondary N) is 2. The Morgan fingerprint density at radius 2 is 1.86 bits per heavy atom. The molecule has 0 bridgehead atoms. The zero-order valence-corrected chi connectivity index (χ0v) is 12.6. The topological polar surface area (TPSA) is 44.4 Å². The minimum atomic E-state index is -0.782. The fourth-order valence-electron chi connectivity index (χ4n) is 2.38. The van der Waals surface area contributed by atoms with Crippen molar-refractivity contribution in [3.05, 3.63) is 29.3 Å². The van der Waals surface area contributed by atoms with Crippen molar-refractivity contribution in [3.63, 3.8) is 0 Å². The Bertz CT molecular complexity index is 540. The lowest BCUT2D eigenvalue weighted by molar-refractivity contribution is -0.126. The smallest absolute Gasteiger partial charge is 0.244 e. The van der Waals surface area contributed by atoms with Gasteiger partial charge in [-0.3, -0.25) is 9.69 Å². The number of rotatable bonds is 3. The molecule has 0 unspecified atom stereocenters. The fraction of sp³-hybridized carbons (Fsp3) is 0.533. The molecule has 0 spiro atoms. The van der Waals surface area contributed by atoms with Crippen molar-refractivity contribution in [2.24, 2.45) is 0 Å². The van der Waals surface area contributed by atoms with E-state index in [1.807, 2.05) is 4.90 Å². The average Bonchev–Trinajstić information content (AvgIpc) is 2.45. The van der Waals surface area contributed by atoms with Crippen LogP contribution in [0.25, 0.3) is 0 Å². The van der Waals surface area contributed by atoms with E-state index < -0.39 is 17.2 Å². The van der Waals surface area contributed by atoms with Gasteiger partial charge in [-0.2, -0.15) is 0 Å². The average molecular weight is 297 g/mol. The van der Waals surface area contributed by atoms with Crippen molar-refractivity contribution in [2.45, 2.75) is 26.3 Å². The van der Waals surface area contributed by atoms with Crippen LogP contribution in [0, 0.1) is 18.6 Å². The largest absolute Gasteiger partial charge is 0.322 e. The van der Waals surface area contributed by atoms with Crippen LogP contribution in [0.1, 0.15) is 19.4 Å². The molecular weight excluding hydrogens is 276 g/mol. The van der Waals surface area contributed by atoms with Gasteiger partial charge in [-0.1, -0.05) is 0 Å². The number of nitrogens with zero attached hydrogens (tertiary/aromatic N) is 1. The molecule has 4 nitrogen and oxygen atoms in total. The molecule has 1 heterocycles. The zero-order chi connectivity index (χ0) is 15.6. The maximum atomic E-state index is 13.8. The molecule has 1 aliphatic heterocycles. The molecule has 1 amide bonds. The number of piperazine rings is 1. The quantitative estimate of drug-likeness (QED) is 0.895. The number of benzene rings is 1. The van der Waals surface area contributed by atoms with E-state index in [9.17, 15) is 13.6 Å². The van der Waals surface area contributed by atoms with Crippen LogP contribution in [0.4, 0.5) is 14.5 Å². The van der Waals surface area contributed by atoms with Crippen LogP contribution in [0.2, 0.25) is 0 Å². The first kappa shape index (κ1) is 15.9. The van der Waals surface area contributed by atoms with Gasteiger partial charge in [-0.05, 0) is 32.4 Å². The monoisotopic (exact) mass is 297 g/mol. The van der Waals surface area contributed by atoms with Crippen molar-refractivity contribution < 1.29 is 13.6 Å². The molecule has 0 aliphatic carbocycles. The van der Waals surface area contributed by atoms with Crippen LogP contribution in [0.5, 0.6) is 0 Å². The molecule has 0 atom stereocenters. The Morgan fingerprint density at radius 3 is 2.48 bits per heavy atom. The number of halogens is 2. The van der Waals surface area contributed by atoms with E-state index in [2.05, 4.69) is 10.6 Å². The number of carbonyl (C=O) groups is 1. The van der Waals surface area contributed by atoms with Crippen LogP contribution in [-0.2, 0) is 4.79 Å². The van der Waals surface area contributed by atoms with Gasteiger partial charge in [0, 0.05) is 32.2 Å². The first-order valence-electron chi connectivity index (χ1n) is 7.05. The van der Waals surface area contributed by atoms with Crippen LogP contribution >= 0.6 is 0 Å². The second-order valence-corrected chi connectivity index (χ2v) is 5.83. The van der Waals surface area contributed by atoms with Crippen molar-refractivity contribution in [2.75, 3.05) is 31.5 Å². The lowest BCUT2D eigenvalue weighted by Crippen LogP contribution is -2.58. The summed E-state index contributed by atoms with van der Waals surface area (Å²) in [6.45, 7) is 8.16. The number of amides is 1. The Kier molecular flexibility index (Phi) is 4.58. The summed E-state index contributed by atoms with van der Waals surface area (Å²) >= 11 is 0. The Balaban J connectivity index is 2.15. The van der Waals surface area contributed by atoms with Gasteiger partial charge in [0.2, 0.25) is 5.91 Å². The number of carbonyl (C=O) groups excluding carboxylic acids is 1. The summed E-state index contributed by atoms with van der Waals surface area (Å²) < 4.78 is 27.3. The van der Waals surface area contributed by atoms with Gasteiger partial charge >= 0.3 is 0 Å². The highest BCUT2D eigenvalue weighted by Gasteiger charge is 2.35. The number of anilines is 1. The van der Waals surface area contributed by atoms with E-state index in [0.717, 1.165) is 38.3 Å². The third-order valence-electron chi connectivity index (χ3n) is 3.96. The SMILES string of the molecule is Cc1cc(F)c(NC(=O)C(C)(C)N2CCNCC2)cc1F. The van der Waals surface area contributed by atoms with Crippen LogP contribution < -0.4 is 10.6 Å². The first-order valence-corrected chi connectivity index (χ1v) is 7.05. The number of hydrogen-bond acceptors (Lipinski definition) is 3. The molecular formula is C15H21F2N3O. The molecule has 0 aromatic heterocycles. The van der Waals surface area contributed by atoms with Crippen molar-refractivity contribution >= 4 is 11.6 Å². The van der Waals surface area contributed by atoms with E-state index in [0.29, 0.717) is 0 Å². The summed E-state index contributed by atoms with van der Waals surface area (Å²) in [5.74, 6) is -1.50. The van der Waals surface area contributed by atoms with Gasteiger partial charge in [0.25, 0.3) is 0 Å². The number of hydrogen-bond donors (Lipinski definition) is 2. The molecule has 1 saturated heterocycles. The molecule has 0 saturated carbocycles. The van der Waals surface area contributed by atoms with E-state index in [1.165, 1.54) is 6.92 Å². The number of aryl methyl sites for hydroxylation is 1. The zero-order valence-electron chi connectivity index (χ0n) is 12.6. The summed E-state index contributed by atoms with van der Waals surface area (Å²) in [6, 6.07) is 2.11. The Labute approximate surface area is 123 Å². The molecule has 21 heavy (non-hydrogen) atoms. The molecule has 1 fully saturated rings. The van der Waals surface area contributed by atoms with E-state index in [4.69, 9.17) is 0 Å². The fourth-order valence-corrected chi connectivity index (χ4v) is 2.38. The predicted octanol–water partition coefficient (Wildman–Crippen LogP) is 1.90. The highest BCUT2D eigenvalue weighted by Crippen LogP contribution is 2.22. The van der Waals surface area contributed by atoms with Crippen LogP contribution in [-0.4, -0.2) is 42.5 Å². The molecule has 2 rings (SSSR count). The molecule has 1 aromatic rings. The second-order valence-electron chi connectivity index (χ2n) is 5.83. The van der Waals surface area contributed by atoms with E-state index >= 15 is 0 Å². The summed E-state index contributed by atoms with van der Waals surface area (Å²) in [5.41, 5.74) is -0.686. The standard InChI is InChI=1S/C15H21F2N3O/c1-10-8-12(17)13(9-11(10)16)19-14(21)15(2,3)20-6-4-18-5-7-20/h8-9,18H,4-7H2,1-3H3,(H,19,21). The molecule has 0 radical (unpaired) electrons. The summed E-state index contributed by atoms with van der Waals surface area (Å²) in [4.78, 5) is 14.4. The van der Waals surface area contributed by atoms with Gasteiger partial charge in [0.1, 0.15) is 11.6 Å². The maximum Gasteiger partial charge on any atom is 0.244 e. The Morgan fingerprint density at radius 1 is 1.24 bits per heavy atom. The predicted molar refractivity (Wildman–Crippen MR) is 78.2 cm³/mol. The summed E-state index contributed by atoms with van der Waals surface area (Å²) in [7, 11) is 0. The van der Waals surface area contributed by atoms with Crippen molar-refractivity contribution in [1.82, 2.24) is 10.2 Å². The molecule has 116 valence electrons. The van der Waals surface area contributed by atoms with Gasteiger partial charge in [0.15, 0.2) is 0 Å². The molecule has 6 heteroatoms. The third-order valence-corrected chi connectivity index (χ3v) is 3.96. The van der Waals surface area contributed by atoms with Crippen LogP contribution in [0.3, 0.4) is 0 Å². The molecule has 2 N–H and O–H groups in total. The Hall–Kier alpha value is -1.53. The minimum Gasteiger partial charge on any atom is -0.322 e. The van der Waals surface area contributed by atoms with Gasteiger partial charge in [-0.15, -0.1) is 0 Å². The normalized spacial score (nSPS) is 16.8. The lowest BCUT2D eigenvalue weighted by Gasteiger charge is -2.39. The molecule has 1 aromatic carbocycles. The molecule has 1 aliphatic rings. The third kappa shape index (κ3) is 3.39. The van der Waals surface area contributed by atoms with Crippen LogP contribution in [0.15, 0.2) is 12.1 Å². The highest BCUT2D eigenvalue weighted by atomic mass is 19.1. The summed E-state index contributed by atoms with van der Waals surface area (Å²) in [5, 5.41) is 5.72. The minimum absolute atomic E-state index is 0.119. The van der Waals surface area contributed by atoms with Gasteiger partial charge in [-0.25, -0.2) is 8.78 Å².